The van der Waals surface area contributed by atoms with Gasteiger partial charge in [0.05, 0.1) is 6.61 Å². The second-order valence-electron chi connectivity index (χ2n) is 6.72. The van der Waals surface area contributed by atoms with Crippen LogP contribution in [0.2, 0.25) is 0 Å². The molecule has 0 aliphatic rings. The number of rotatable bonds is 9. The molecule has 0 aliphatic carbocycles. The molecule has 0 aliphatic heterocycles. The monoisotopic (exact) mass is 447 g/mol. The summed E-state index contributed by atoms with van der Waals surface area (Å²) in [5.74, 6) is 1.08. The molecule has 0 atom stereocenters. The zero-order chi connectivity index (χ0) is 20.4. The lowest BCUT2D eigenvalue weighted by atomic mass is 10.2. The first-order valence-corrected chi connectivity index (χ1v) is 10.0. The molecule has 2 aromatic carbocycles. The highest BCUT2D eigenvalue weighted by Gasteiger charge is 2.05. The molecule has 0 fully saturated rings. The van der Waals surface area contributed by atoms with E-state index >= 15 is 0 Å². The van der Waals surface area contributed by atoms with Gasteiger partial charge in [-0.05, 0) is 47.9 Å². The van der Waals surface area contributed by atoms with Gasteiger partial charge in [0.15, 0.2) is 0 Å². The van der Waals surface area contributed by atoms with Crippen molar-refractivity contribution in [2.24, 2.45) is 5.92 Å². The van der Waals surface area contributed by atoms with Crippen LogP contribution in [0.3, 0.4) is 0 Å². The topological polar surface area (TPSA) is 79.5 Å². The number of nitrogens with one attached hydrogen (secondary N) is 3. The maximum atomic E-state index is 12.0. The summed E-state index contributed by atoms with van der Waals surface area (Å²) in [4.78, 5) is 23.9. The smallest absolute Gasteiger partial charge is 0.315 e. The molecule has 6 nitrogen and oxygen atoms in total. The van der Waals surface area contributed by atoms with E-state index < -0.39 is 0 Å². The lowest BCUT2D eigenvalue weighted by Gasteiger charge is -2.11. The van der Waals surface area contributed by atoms with Crippen LogP contribution in [0.4, 0.5) is 4.79 Å². The summed E-state index contributed by atoms with van der Waals surface area (Å²) in [5.41, 5.74) is 1.53. The van der Waals surface area contributed by atoms with Gasteiger partial charge in [-0.15, -0.1) is 0 Å². The molecule has 2 aromatic rings. The van der Waals surface area contributed by atoms with Crippen LogP contribution in [0.15, 0.2) is 53.0 Å². The highest BCUT2D eigenvalue weighted by atomic mass is 79.9. The zero-order valence-corrected chi connectivity index (χ0v) is 17.7. The van der Waals surface area contributed by atoms with Crippen LogP contribution >= 0.6 is 15.9 Å². The minimum atomic E-state index is -0.286. The summed E-state index contributed by atoms with van der Waals surface area (Å²) in [5, 5.41) is 8.28. The molecule has 150 valence electrons. The van der Waals surface area contributed by atoms with Crippen molar-refractivity contribution in [3.8, 4) is 5.75 Å². The van der Waals surface area contributed by atoms with Crippen LogP contribution in [0, 0.1) is 5.92 Å². The Morgan fingerprint density at radius 2 is 1.71 bits per heavy atom. The Bertz CT molecular complexity index is 779. The molecule has 7 heteroatoms. The number of carbonyl (C=O) groups is 2. The zero-order valence-electron chi connectivity index (χ0n) is 16.1. The molecular weight excluding hydrogens is 422 g/mol. The first-order valence-electron chi connectivity index (χ1n) is 9.21. The van der Waals surface area contributed by atoms with E-state index in [4.69, 9.17) is 4.74 Å². The van der Waals surface area contributed by atoms with Gasteiger partial charge in [0.1, 0.15) is 5.75 Å². The van der Waals surface area contributed by atoms with Crippen molar-refractivity contribution in [3.05, 3.63) is 64.1 Å². The van der Waals surface area contributed by atoms with E-state index in [2.05, 4.69) is 45.7 Å². The maximum absolute atomic E-state index is 12.0. The third kappa shape index (κ3) is 8.00. The van der Waals surface area contributed by atoms with E-state index in [-0.39, 0.29) is 11.9 Å². The molecular formula is C21H26BrN3O3. The highest BCUT2D eigenvalue weighted by molar-refractivity contribution is 9.10. The molecule has 0 bridgehead atoms. The summed E-state index contributed by atoms with van der Waals surface area (Å²) in [6.07, 6.45) is 0. The first kappa shape index (κ1) is 21.8. The quantitative estimate of drug-likeness (QED) is 0.512. The molecule has 0 radical (unpaired) electrons. The fourth-order valence-corrected chi connectivity index (χ4v) is 2.57. The molecule has 0 spiro atoms. The molecule has 0 saturated carbocycles. The van der Waals surface area contributed by atoms with Crippen molar-refractivity contribution in [1.82, 2.24) is 16.0 Å². The van der Waals surface area contributed by atoms with Crippen molar-refractivity contribution in [2.75, 3.05) is 19.7 Å². The number of amides is 3. The minimum absolute atomic E-state index is 0.173. The third-order valence-electron chi connectivity index (χ3n) is 3.74. The molecule has 2 rings (SSSR count). The van der Waals surface area contributed by atoms with Gasteiger partial charge >= 0.3 is 6.03 Å². The van der Waals surface area contributed by atoms with Gasteiger partial charge in [-0.3, -0.25) is 4.79 Å². The average molecular weight is 448 g/mol. The number of ether oxygens (including phenoxy) is 1. The number of benzene rings is 2. The first-order chi connectivity index (χ1) is 13.4. The summed E-state index contributed by atoms with van der Waals surface area (Å²) in [7, 11) is 0. The van der Waals surface area contributed by atoms with Gasteiger partial charge in [-0.25, -0.2) is 4.79 Å². The molecule has 0 unspecified atom stereocenters. The number of carbonyl (C=O) groups excluding carboxylic acids is 2. The van der Waals surface area contributed by atoms with Crippen LogP contribution in [0.25, 0.3) is 0 Å². The van der Waals surface area contributed by atoms with Crippen molar-refractivity contribution in [2.45, 2.75) is 20.4 Å². The van der Waals surface area contributed by atoms with Crippen LogP contribution < -0.4 is 20.7 Å². The summed E-state index contributed by atoms with van der Waals surface area (Å²) >= 11 is 3.33. The molecule has 0 heterocycles. The Labute approximate surface area is 174 Å². The van der Waals surface area contributed by atoms with Crippen LogP contribution in [-0.4, -0.2) is 31.6 Å². The van der Waals surface area contributed by atoms with Crippen LogP contribution in [0.5, 0.6) is 5.75 Å². The number of halogens is 1. The van der Waals surface area contributed by atoms with E-state index in [0.29, 0.717) is 37.7 Å². The largest absolute Gasteiger partial charge is 0.493 e. The standard InChI is InChI=1S/C21H26BrN3O3/c1-15(2)14-28-19-5-3-4-16(12-19)13-25-21(27)24-11-10-23-20(26)17-6-8-18(22)9-7-17/h3-9,12,15H,10-11,13-14H2,1-2H3,(H,23,26)(H2,24,25,27). The fraction of sp³-hybridized carbons (Fsp3) is 0.333. The summed E-state index contributed by atoms with van der Waals surface area (Å²) in [6.45, 7) is 5.93. The van der Waals surface area contributed by atoms with Gasteiger partial charge in [0.25, 0.3) is 5.91 Å². The Balaban J connectivity index is 1.65. The van der Waals surface area contributed by atoms with E-state index in [1.165, 1.54) is 0 Å². The predicted molar refractivity (Wildman–Crippen MR) is 113 cm³/mol. The van der Waals surface area contributed by atoms with Crippen molar-refractivity contribution in [1.29, 1.82) is 0 Å². The summed E-state index contributed by atoms with van der Waals surface area (Å²) < 4.78 is 6.60. The molecule has 3 N–H and O–H groups in total. The maximum Gasteiger partial charge on any atom is 0.315 e. The molecule has 3 amide bonds. The normalized spacial score (nSPS) is 10.4. The van der Waals surface area contributed by atoms with Crippen molar-refractivity contribution < 1.29 is 14.3 Å². The Kier molecular flexibility index (Phi) is 8.81. The lowest BCUT2D eigenvalue weighted by Crippen LogP contribution is -2.40. The molecule has 0 saturated heterocycles. The fourth-order valence-electron chi connectivity index (χ4n) is 2.31. The number of hydrogen-bond acceptors (Lipinski definition) is 3. The third-order valence-corrected chi connectivity index (χ3v) is 4.27. The van der Waals surface area contributed by atoms with Gasteiger partial charge in [-0.2, -0.15) is 0 Å². The lowest BCUT2D eigenvalue weighted by molar-refractivity contribution is 0.0954. The van der Waals surface area contributed by atoms with Gasteiger partial charge in [-0.1, -0.05) is 41.9 Å². The predicted octanol–water partition coefficient (Wildman–Crippen LogP) is 3.71. The van der Waals surface area contributed by atoms with E-state index in [0.717, 1.165) is 15.8 Å². The van der Waals surface area contributed by atoms with E-state index in [1.807, 2.05) is 36.4 Å². The molecule has 0 aromatic heterocycles. The van der Waals surface area contributed by atoms with Gasteiger partial charge in [0, 0.05) is 29.7 Å². The summed E-state index contributed by atoms with van der Waals surface area (Å²) in [6, 6.07) is 14.5. The Morgan fingerprint density at radius 3 is 2.43 bits per heavy atom. The Morgan fingerprint density at radius 1 is 1.00 bits per heavy atom. The van der Waals surface area contributed by atoms with E-state index in [1.54, 1.807) is 12.1 Å². The van der Waals surface area contributed by atoms with Crippen LogP contribution in [-0.2, 0) is 6.54 Å². The van der Waals surface area contributed by atoms with Crippen LogP contribution in [0.1, 0.15) is 29.8 Å². The van der Waals surface area contributed by atoms with E-state index in [9.17, 15) is 9.59 Å². The number of urea groups is 1. The Hall–Kier alpha value is -2.54. The van der Waals surface area contributed by atoms with Gasteiger partial charge in [0.2, 0.25) is 0 Å². The number of hydrogen-bond donors (Lipinski definition) is 3. The highest BCUT2D eigenvalue weighted by Crippen LogP contribution is 2.14. The van der Waals surface area contributed by atoms with Gasteiger partial charge < -0.3 is 20.7 Å². The average Bonchev–Trinajstić information content (AvgIpc) is 2.69. The molecule has 28 heavy (non-hydrogen) atoms. The second-order valence-corrected chi connectivity index (χ2v) is 7.64. The van der Waals surface area contributed by atoms with Crippen molar-refractivity contribution in [3.63, 3.8) is 0 Å². The SMILES string of the molecule is CC(C)COc1cccc(CNC(=O)NCCNC(=O)c2ccc(Br)cc2)c1. The van der Waals surface area contributed by atoms with Crippen molar-refractivity contribution >= 4 is 27.9 Å². The second kappa shape index (κ2) is 11.3. The minimum Gasteiger partial charge on any atom is -0.493 e.